The van der Waals surface area contributed by atoms with Crippen LogP contribution in [0.1, 0.15) is 32.8 Å². The van der Waals surface area contributed by atoms with Crippen molar-refractivity contribution in [3.63, 3.8) is 0 Å². The Labute approximate surface area is 140 Å². The van der Waals surface area contributed by atoms with Crippen LogP contribution in [0, 0.1) is 11.8 Å². The van der Waals surface area contributed by atoms with E-state index in [0.717, 1.165) is 16.2 Å². The fourth-order valence-electron chi connectivity index (χ4n) is 2.37. The van der Waals surface area contributed by atoms with Crippen LogP contribution in [0.25, 0.3) is 0 Å². The molecular formula is C16H19N3O3S. The van der Waals surface area contributed by atoms with E-state index in [1.165, 1.54) is 0 Å². The summed E-state index contributed by atoms with van der Waals surface area (Å²) in [6, 6.07) is 6.91. The molecule has 1 aliphatic rings. The average Bonchev–Trinajstić information content (AvgIpc) is 2.48. The van der Waals surface area contributed by atoms with Gasteiger partial charge >= 0.3 is 0 Å². The number of hydrazone groups is 1. The molecule has 2 rings (SSSR count). The van der Waals surface area contributed by atoms with E-state index >= 15 is 0 Å². The van der Waals surface area contributed by atoms with Gasteiger partial charge in [0.1, 0.15) is 0 Å². The molecule has 0 saturated heterocycles. The van der Waals surface area contributed by atoms with Crippen LogP contribution >= 0.6 is 12.6 Å². The largest absolute Gasteiger partial charge is 0.289 e. The van der Waals surface area contributed by atoms with Crippen molar-refractivity contribution in [3.8, 4) is 0 Å². The number of thiol groups is 1. The van der Waals surface area contributed by atoms with E-state index in [1.807, 2.05) is 6.92 Å². The summed E-state index contributed by atoms with van der Waals surface area (Å²) < 4.78 is 0. The predicted octanol–water partition coefficient (Wildman–Crippen LogP) is 2.59. The molecule has 0 fully saturated rings. The molecule has 1 aliphatic heterocycles. The number of nitrogens with zero attached hydrogens (tertiary/aromatic N) is 2. The second-order valence-electron chi connectivity index (χ2n) is 5.79. The highest BCUT2D eigenvalue weighted by Crippen LogP contribution is 2.22. The third-order valence-corrected chi connectivity index (χ3v) is 3.79. The van der Waals surface area contributed by atoms with E-state index < -0.39 is 5.24 Å². The van der Waals surface area contributed by atoms with Crippen LogP contribution < -0.4 is 10.3 Å². The molecule has 0 aromatic heterocycles. The summed E-state index contributed by atoms with van der Waals surface area (Å²) in [4.78, 5) is 36.2. The van der Waals surface area contributed by atoms with Gasteiger partial charge < -0.3 is 0 Å². The molecule has 1 unspecified atom stereocenters. The third-order valence-electron chi connectivity index (χ3n) is 3.59. The minimum Gasteiger partial charge on any atom is -0.274 e. The average molecular weight is 333 g/mol. The van der Waals surface area contributed by atoms with Crippen LogP contribution in [-0.4, -0.2) is 22.8 Å². The standard InChI is InChI=1S/C16H19N3O3S/c1-9(2)15(21)19(16(22)23)12-6-4-11(5-7-12)14-10(3)8-13(20)17-18-14/h4-7,9-10H,8H2,1-3H3,(H,17,20)(H,22,23). The van der Waals surface area contributed by atoms with Gasteiger partial charge in [-0.15, -0.1) is 0 Å². The van der Waals surface area contributed by atoms with Crippen LogP contribution in [-0.2, 0) is 9.59 Å². The highest BCUT2D eigenvalue weighted by atomic mass is 32.1. The van der Waals surface area contributed by atoms with Crippen LogP contribution in [0.2, 0.25) is 0 Å². The smallest absolute Gasteiger partial charge is 0.274 e. The fraction of sp³-hybridized carbons (Fsp3) is 0.375. The number of nitrogens with one attached hydrogen (secondary N) is 1. The van der Waals surface area contributed by atoms with E-state index in [0.29, 0.717) is 12.1 Å². The monoisotopic (exact) mass is 333 g/mol. The van der Waals surface area contributed by atoms with Crippen molar-refractivity contribution in [1.82, 2.24) is 5.43 Å². The van der Waals surface area contributed by atoms with Crippen LogP contribution in [0.3, 0.4) is 0 Å². The molecule has 1 N–H and O–H groups in total. The molecule has 0 spiro atoms. The quantitative estimate of drug-likeness (QED) is 0.835. The summed E-state index contributed by atoms with van der Waals surface area (Å²) in [5.74, 6) is -0.723. The highest BCUT2D eigenvalue weighted by molar-refractivity contribution is 7.97. The van der Waals surface area contributed by atoms with Gasteiger partial charge in [0, 0.05) is 18.3 Å². The van der Waals surface area contributed by atoms with Gasteiger partial charge in [-0.2, -0.15) is 5.10 Å². The molecule has 0 aliphatic carbocycles. The molecule has 122 valence electrons. The van der Waals surface area contributed by atoms with Gasteiger partial charge in [0.25, 0.3) is 5.24 Å². The Hall–Kier alpha value is -2.15. The molecule has 1 aromatic rings. The van der Waals surface area contributed by atoms with E-state index in [9.17, 15) is 14.4 Å². The first kappa shape index (κ1) is 17.2. The third kappa shape index (κ3) is 3.79. The number of rotatable bonds is 3. The maximum atomic E-state index is 12.1. The first-order valence-electron chi connectivity index (χ1n) is 7.35. The number of hydrogen-bond acceptors (Lipinski definition) is 4. The molecule has 0 saturated carbocycles. The molecule has 0 bridgehead atoms. The molecule has 3 amide bonds. The lowest BCUT2D eigenvalue weighted by Crippen LogP contribution is -2.36. The molecule has 1 heterocycles. The molecule has 1 atom stereocenters. The zero-order valence-electron chi connectivity index (χ0n) is 13.2. The number of anilines is 1. The number of carbonyl (C=O) groups is 3. The van der Waals surface area contributed by atoms with Gasteiger partial charge in [-0.3, -0.25) is 14.4 Å². The van der Waals surface area contributed by atoms with Crippen molar-refractivity contribution in [1.29, 1.82) is 0 Å². The minimum atomic E-state index is -0.618. The van der Waals surface area contributed by atoms with Crippen molar-refractivity contribution in [3.05, 3.63) is 29.8 Å². The van der Waals surface area contributed by atoms with Gasteiger partial charge in [0.05, 0.1) is 11.4 Å². The summed E-state index contributed by atoms with van der Waals surface area (Å²) in [6.45, 7) is 5.38. The summed E-state index contributed by atoms with van der Waals surface area (Å²) in [5.41, 5.74) is 4.54. The maximum Gasteiger partial charge on any atom is 0.289 e. The fourth-order valence-corrected chi connectivity index (χ4v) is 2.59. The normalized spacial score (nSPS) is 17.5. The Morgan fingerprint density at radius 1 is 1.30 bits per heavy atom. The van der Waals surface area contributed by atoms with Gasteiger partial charge in [0.15, 0.2) is 0 Å². The van der Waals surface area contributed by atoms with Gasteiger partial charge in [-0.05, 0) is 17.7 Å². The zero-order valence-corrected chi connectivity index (χ0v) is 14.1. The van der Waals surface area contributed by atoms with Crippen molar-refractivity contribution < 1.29 is 14.4 Å². The molecule has 7 heteroatoms. The van der Waals surface area contributed by atoms with Crippen molar-refractivity contribution >= 4 is 41.1 Å². The molecule has 6 nitrogen and oxygen atoms in total. The number of hydrogen-bond donors (Lipinski definition) is 2. The molecule has 0 radical (unpaired) electrons. The summed E-state index contributed by atoms with van der Waals surface area (Å²) in [7, 11) is 0. The SMILES string of the molecule is CC(C)C(=O)N(C(=O)S)c1ccc(C2=NNC(=O)CC2C)cc1. The summed E-state index contributed by atoms with van der Waals surface area (Å²) in [5, 5.41) is 3.47. The maximum absolute atomic E-state index is 12.1. The van der Waals surface area contributed by atoms with E-state index in [1.54, 1.807) is 38.1 Å². The highest BCUT2D eigenvalue weighted by Gasteiger charge is 2.25. The van der Waals surface area contributed by atoms with Gasteiger partial charge in [0.2, 0.25) is 11.8 Å². The Balaban J connectivity index is 2.30. The lowest BCUT2D eigenvalue weighted by atomic mass is 9.94. The number of carbonyl (C=O) groups excluding carboxylic acids is 3. The summed E-state index contributed by atoms with van der Waals surface area (Å²) in [6.07, 6.45) is 0.383. The van der Waals surface area contributed by atoms with E-state index in [-0.39, 0.29) is 23.7 Å². The van der Waals surface area contributed by atoms with Crippen LogP contribution in [0.5, 0.6) is 0 Å². The topological polar surface area (TPSA) is 78.8 Å². The Kier molecular flexibility index (Phi) is 5.20. The Morgan fingerprint density at radius 3 is 2.39 bits per heavy atom. The minimum absolute atomic E-state index is 0.00881. The van der Waals surface area contributed by atoms with Crippen molar-refractivity contribution in [2.45, 2.75) is 27.2 Å². The Bertz CT molecular complexity index is 668. The number of amides is 3. The lowest BCUT2D eigenvalue weighted by Gasteiger charge is -2.22. The van der Waals surface area contributed by atoms with E-state index in [4.69, 9.17) is 0 Å². The first-order valence-corrected chi connectivity index (χ1v) is 7.79. The van der Waals surface area contributed by atoms with E-state index in [2.05, 4.69) is 23.2 Å². The molecular weight excluding hydrogens is 314 g/mol. The van der Waals surface area contributed by atoms with Crippen LogP contribution in [0.4, 0.5) is 10.5 Å². The lowest BCUT2D eigenvalue weighted by molar-refractivity contribution is -0.122. The first-order chi connectivity index (χ1) is 10.8. The van der Waals surface area contributed by atoms with Gasteiger partial charge in [-0.1, -0.05) is 45.5 Å². The zero-order chi connectivity index (χ0) is 17.1. The van der Waals surface area contributed by atoms with Crippen molar-refractivity contribution in [2.75, 3.05) is 4.90 Å². The molecule has 23 heavy (non-hydrogen) atoms. The summed E-state index contributed by atoms with van der Waals surface area (Å²) >= 11 is 3.79. The van der Waals surface area contributed by atoms with Gasteiger partial charge in [-0.25, -0.2) is 10.3 Å². The van der Waals surface area contributed by atoms with Crippen LogP contribution in [0.15, 0.2) is 29.4 Å². The second kappa shape index (κ2) is 6.95. The number of benzene rings is 1. The second-order valence-corrected chi connectivity index (χ2v) is 6.18. The predicted molar refractivity (Wildman–Crippen MR) is 91.6 cm³/mol. The number of imide groups is 1. The molecule has 1 aromatic carbocycles. The Morgan fingerprint density at radius 2 is 1.91 bits per heavy atom. The van der Waals surface area contributed by atoms with Crippen molar-refractivity contribution in [2.24, 2.45) is 16.9 Å².